The Kier molecular flexibility index (Phi) is 5.60. The second kappa shape index (κ2) is 8.85. The van der Waals surface area contributed by atoms with E-state index in [0.29, 0.717) is 17.2 Å². The molecule has 8 heteroatoms. The molecule has 162 valence electrons. The van der Waals surface area contributed by atoms with Gasteiger partial charge in [0.25, 0.3) is 11.8 Å². The van der Waals surface area contributed by atoms with E-state index in [1.54, 1.807) is 30.3 Å². The number of carbonyl (C=O) groups is 2. The van der Waals surface area contributed by atoms with Crippen LogP contribution in [0.25, 0.3) is 11.8 Å². The highest BCUT2D eigenvalue weighted by molar-refractivity contribution is 7.80. The van der Waals surface area contributed by atoms with Crippen molar-refractivity contribution in [2.75, 3.05) is 4.90 Å². The number of aromatic nitrogens is 1. The van der Waals surface area contributed by atoms with Crippen molar-refractivity contribution in [3.8, 4) is 17.2 Å². The zero-order valence-electron chi connectivity index (χ0n) is 17.2. The van der Waals surface area contributed by atoms with Crippen molar-refractivity contribution < 1.29 is 14.3 Å². The van der Waals surface area contributed by atoms with E-state index in [9.17, 15) is 9.59 Å². The van der Waals surface area contributed by atoms with Gasteiger partial charge in [-0.05, 0) is 78.3 Å². The van der Waals surface area contributed by atoms with Crippen LogP contribution in [0, 0.1) is 0 Å². The van der Waals surface area contributed by atoms with Crippen LogP contribution < -0.4 is 15.0 Å². The number of thiophene rings is 1. The third-order valence-corrected chi connectivity index (χ3v) is 6.14. The molecule has 2 amide bonds. The minimum Gasteiger partial charge on any atom is -0.457 e. The molecule has 1 aliphatic rings. The summed E-state index contributed by atoms with van der Waals surface area (Å²) < 4.78 is 7.75. The van der Waals surface area contributed by atoms with E-state index in [1.165, 1.54) is 16.2 Å². The average Bonchev–Trinajstić information content (AvgIpc) is 3.50. The highest BCUT2D eigenvalue weighted by Crippen LogP contribution is 2.29. The minimum atomic E-state index is -0.517. The summed E-state index contributed by atoms with van der Waals surface area (Å²) in [5.41, 5.74) is 1.44. The molecule has 0 saturated carbocycles. The largest absolute Gasteiger partial charge is 0.457 e. The van der Waals surface area contributed by atoms with Gasteiger partial charge in [0.2, 0.25) is 0 Å². The topological polar surface area (TPSA) is 63.6 Å². The second-order valence-electron chi connectivity index (χ2n) is 7.13. The molecule has 0 bridgehead atoms. The van der Waals surface area contributed by atoms with Crippen LogP contribution in [0.4, 0.5) is 5.69 Å². The fourth-order valence-corrected chi connectivity index (χ4v) is 4.55. The third kappa shape index (κ3) is 4.21. The fourth-order valence-electron chi connectivity index (χ4n) is 3.44. The number of ether oxygens (including phenoxy) is 1. The van der Waals surface area contributed by atoms with E-state index in [-0.39, 0.29) is 10.7 Å². The lowest BCUT2D eigenvalue weighted by Gasteiger charge is -2.29. The molecule has 0 atom stereocenters. The number of anilines is 1. The first-order valence-electron chi connectivity index (χ1n) is 10.1. The molecule has 1 saturated heterocycles. The predicted octanol–water partition coefficient (Wildman–Crippen LogP) is 5.16. The van der Waals surface area contributed by atoms with Crippen molar-refractivity contribution in [1.82, 2.24) is 9.88 Å². The molecule has 1 N–H and O–H groups in total. The average molecular weight is 472 g/mol. The number of hydrogen-bond acceptors (Lipinski definition) is 5. The number of rotatable bonds is 5. The first-order chi connectivity index (χ1) is 16.1. The highest BCUT2D eigenvalue weighted by atomic mass is 32.1. The van der Waals surface area contributed by atoms with Gasteiger partial charge >= 0.3 is 0 Å². The van der Waals surface area contributed by atoms with Crippen molar-refractivity contribution >= 4 is 52.2 Å². The van der Waals surface area contributed by atoms with Crippen LogP contribution in [0.2, 0.25) is 0 Å². The Balaban J connectivity index is 1.43. The van der Waals surface area contributed by atoms with Crippen LogP contribution in [0.5, 0.6) is 11.5 Å². The molecule has 6 nitrogen and oxygen atoms in total. The molecule has 0 unspecified atom stereocenters. The number of benzene rings is 2. The Morgan fingerprint density at radius 2 is 1.58 bits per heavy atom. The molecule has 1 fully saturated rings. The van der Waals surface area contributed by atoms with Gasteiger partial charge in [-0.2, -0.15) is 0 Å². The fraction of sp³-hybridized carbons (Fsp3) is 0. The number of carbonyl (C=O) groups excluding carboxylic acids is 2. The number of hydrogen-bond donors (Lipinski definition) is 1. The Labute approximate surface area is 199 Å². The van der Waals surface area contributed by atoms with E-state index in [1.807, 2.05) is 70.9 Å². The van der Waals surface area contributed by atoms with Crippen molar-refractivity contribution in [2.45, 2.75) is 0 Å². The van der Waals surface area contributed by atoms with Crippen molar-refractivity contribution in [3.05, 3.63) is 101 Å². The lowest BCUT2D eigenvalue weighted by Crippen LogP contribution is -2.54. The summed E-state index contributed by atoms with van der Waals surface area (Å²) in [6.45, 7) is 0. The molecule has 0 aliphatic carbocycles. The minimum absolute atomic E-state index is 0.0177. The van der Waals surface area contributed by atoms with Crippen LogP contribution in [-0.2, 0) is 9.59 Å². The van der Waals surface area contributed by atoms with Crippen LogP contribution in [-0.4, -0.2) is 21.5 Å². The van der Waals surface area contributed by atoms with Gasteiger partial charge < -0.3 is 9.30 Å². The summed E-state index contributed by atoms with van der Waals surface area (Å²) in [5.74, 6) is 0.335. The quantitative estimate of drug-likeness (QED) is 0.248. The van der Waals surface area contributed by atoms with E-state index < -0.39 is 11.8 Å². The maximum atomic E-state index is 13.3. The van der Waals surface area contributed by atoms with Crippen LogP contribution in [0.1, 0.15) is 4.88 Å². The summed E-state index contributed by atoms with van der Waals surface area (Å²) in [6.07, 6.45) is 5.43. The molecule has 0 radical (unpaired) electrons. The van der Waals surface area contributed by atoms with Crippen molar-refractivity contribution in [3.63, 3.8) is 0 Å². The standard InChI is InChI=1S/C25H17N3O3S2/c29-23-20(16-22-21(12-15-33-22)27-13-4-5-14-27)24(30)28(25(32)26-23)17-8-10-19(11-9-17)31-18-6-2-1-3-7-18/h1-16H,(H,26,29,32)/b20-16+. The van der Waals surface area contributed by atoms with Crippen LogP contribution in [0.15, 0.2) is 96.1 Å². The molecular formula is C25H17N3O3S2. The number of thiocarbonyl (C=S) groups is 1. The lowest BCUT2D eigenvalue weighted by molar-refractivity contribution is -0.122. The third-order valence-electron chi connectivity index (χ3n) is 5.01. The Morgan fingerprint density at radius 1 is 0.879 bits per heavy atom. The van der Waals surface area contributed by atoms with Crippen molar-refractivity contribution in [2.24, 2.45) is 0 Å². The van der Waals surface area contributed by atoms with Gasteiger partial charge in [-0.3, -0.25) is 19.8 Å². The van der Waals surface area contributed by atoms with Crippen LogP contribution >= 0.6 is 23.6 Å². The molecule has 0 spiro atoms. The Hall–Kier alpha value is -4.01. The zero-order valence-corrected chi connectivity index (χ0v) is 18.8. The highest BCUT2D eigenvalue weighted by Gasteiger charge is 2.34. The van der Waals surface area contributed by atoms with Crippen LogP contribution in [0.3, 0.4) is 0 Å². The Bertz CT molecular complexity index is 1360. The summed E-state index contributed by atoms with van der Waals surface area (Å²) in [7, 11) is 0. The molecule has 1 aliphatic heterocycles. The number of amides is 2. The van der Waals surface area contributed by atoms with Gasteiger partial charge in [0.15, 0.2) is 5.11 Å². The smallest absolute Gasteiger partial charge is 0.270 e. The first kappa shape index (κ1) is 20.9. The number of nitrogens with zero attached hydrogens (tertiary/aromatic N) is 2. The second-order valence-corrected chi connectivity index (χ2v) is 8.46. The number of nitrogens with one attached hydrogen (secondary N) is 1. The molecule has 2 aromatic carbocycles. The SMILES string of the molecule is O=C1NC(=S)N(c2ccc(Oc3ccccc3)cc2)C(=O)/C1=C/c1sccc1-n1cccc1. The van der Waals surface area contributed by atoms with E-state index in [4.69, 9.17) is 17.0 Å². The summed E-state index contributed by atoms with van der Waals surface area (Å²) in [6, 6.07) is 22.1. The van der Waals surface area contributed by atoms with E-state index >= 15 is 0 Å². The van der Waals surface area contributed by atoms with Crippen molar-refractivity contribution in [1.29, 1.82) is 0 Å². The molecule has 5 rings (SSSR count). The summed E-state index contributed by atoms with van der Waals surface area (Å²) >= 11 is 6.75. The van der Waals surface area contributed by atoms with Gasteiger partial charge in [0.05, 0.1) is 16.3 Å². The van der Waals surface area contributed by atoms with Gasteiger partial charge in [0.1, 0.15) is 17.1 Å². The zero-order chi connectivity index (χ0) is 22.8. The molecule has 2 aromatic heterocycles. The summed E-state index contributed by atoms with van der Waals surface area (Å²) in [4.78, 5) is 28.1. The maximum absolute atomic E-state index is 13.3. The first-order valence-corrected chi connectivity index (χ1v) is 11.3. The van der Waals surface area contributed by atoms with E-state index in [2.05, 4.69) is 5.32 Å². The predicted molar refractivity (Wildman–Crippen MR) is 133 cm³/mol. The molecule has 33 heavy (non-hydrogen) atoms. The molecular weight excluding hydrogens is 454 g/mol. The Morgan fingerprint density at radius 3 is 2.30 bits per heavy atom. The normalized spacial score (nSPS) is 15.1. The summed E-state index contributed by atoms with van der Waals surface area (Å²) in [5, 5.41) is 4.58. The lowest BCUT2D eigenvalue weighted by atomic mass is 10.1. The monoisotopic (exact) mass is 471 g/mol. The molecule has 3 heterocycles. The van der Waals surface area contributed by atoms with Gasteiger partial charge in [-0.1, -0.05) is 18.2 Å². The van der Waals surface area contributed by atoms with Gasteiger partial charge in [0, 0.05) is 12.4 Å². The molecule has 4 aromatic rings. The van der Waals surface area contributed by atoms with Gasteiger partial charge in [-0.15, -0.1) is 11.3 Å². The van der Waals surface area contributed by atoms with Gasteiger partial charge in [-0.25, -0.2) is 0 Å². The maximum Gasteiger partial charge on any atom is 0.270 e. The van der Waals surface area contributed by atoms with E-state index in [0.717, 1.165) is 10.6 Å². The number of para-hydroxylation sites is 1.